The first-order valence-electron chi connectivity index (χ1n) is 6.84. The van der Waals surface area contributed by atoms with Gasteiger partial charge in [0.25, 0.3) is 0 Å². The van der Waals surface area contributed by atoms with Gasteiger partial charge in [0.2, 0.25) is 0 Å². The molecule has 0 N–H and O–H groups in total. The van der Waals surface area contributed by atoms with Crippen LogP contribution in [0, 0.1) is 5.92 Å². The average Bonchev–Trinajstić information content (AvgIpc) is 2.12. The Morgan fingerprint density at radius 1 is 1.12 bits per heavy atom. The molecule has 0 saturated carbocycles. The molecular weight excluding hydrogens is 212 g/mol. The third-order valence-electron chi connectivity index (χ3n) is 3.93. The molecule has 0 aliphatic rings. The van der Waals surface area contributed by atoms with Crippen LogP contribution in [0.2, 0.25) is 18.1 Å². The first-order valence-corrected chi connectivity index (χ1v) is 9.75. The smallest absolute Gasteiger partial charge is 0.191 e. The van der Waals surface area contributed by atoms with Crippen LogP contribution in [-0.4, -0.2) is 14.9 Å². The first-order chi connectivity index (χ1) is 7.20. The topological polar surface area (TPSA) is 9.23 Å². The van der Waals surface area contributed by atoms with E-state index in [0.29, 0.717) is 5.04 Å². The second-order valence-electron chi connectivity index (χ2n) is 6.64. The summed E-state index contributed by atoms with van der Waals surface area (Å²) in [5.41, 5.74) is 0. The molecule has 0 aliphatic carbocycles. The largest absolute Gasteiger partial charge is 0.417 e. The Labute approximate surface area is 104 Å². The van der Waals surface area contributed by atoms with Gasteiger partial charge in [0.15, 0.2) is 8.32 Å². The van der Waals surface area contributed by atoms with E-state index in [2.05, 4.69) is 47.7 Å². The SMILES string of the molecule is CCCCC(C)CCO[Si](C)(C)C(C)(C)C. The minimum absolute atomic E-state index is 0.347. The van der Waals surface area contributed by atoms with Gasteiger partial charge >= 0.3 is 0 Å². The number of hydrogen-bond donors (Lipinski definition) is 0. The lowest BCUT2D eigenvalue weighted by molar-refractivity contribution is 0.255. The molecule has 1 atom stereocenters. The highest BCUT2D eigenvalue weighted by molar-refractivity contribution is 6.74. The molecule has 0 saturated heterocycles. The highest BCUT2D eigenvalue weighted by atomic mass is 28.4. The summed E-state index contributed by atoms with van der Waals surface area (Å²) in [6.07, 6.45) is 5.26. The maximum absolute atomic E-state index is 6.18. The van der Waals surface area contributed by atoms with Gasteiger partial charge in [-0.15, -0.1) is 0 Å². The zero-order valence-corrected chi connectivity index (χ0v) is 13.5. The van der Waals surface area contributed by atoms with E-state index in [1.165, 1.54) is 25.7 Å². The molecule has 1 nitrogen and oxygen atoms in total. The molecular formula is C14H32OSi. The van der Waals surface area contributed by atoms with E-state index in [9.17, 15) is 0 Å². The summed E-state index contributed by atoms with van der Waals surface area (Å²) in [4.78, 5) is 0. The van der Waals surface area contributed by atoms with Crippen molar-refractivity contribution in [3.63, 3.8) is 0 Å². The zero-order valence-electron chi connectivity index (χ0n) is 12.5. The third kappa shape index (κ3) is 6.05. The third-order valence-corrected chi connectivity index (χ3v) is 8.47. The van der Waals surface area contributed by atoms with E-state index >= 15 is 0 Å². The van der Waals surface area contributed by atoms with Crippen molar-refractivity contribution in [2.45, 2.75) is 78.4 Å². The van der Waals surface area contributed by atoms with Crippen LogP contribution in [0.25, 0.3) is 0 Å². The van der Waals surface area contributed by atoms with Crippen LogP contribution in [0.4, 0.5) is 0 Å². The Morgan fingerprint density at radius 3 is 2.12 bits per heavy atom. The molecule has 0 aromatic heterocycles. The van der Waals surface area contributed by atoms with Crippen LogP contribution < -0.4 is 0 Å². The fourth-order valence-electron chi connectivity index (χ4n) is 1.43. The quantitative estimate of drug-likeness (QED) is 0.558. The Balaban J connectivity index is 3.81. The number of rotatable bonds is 7. The van der Waals surface area contributed by atoms with Crippen molar-refractivity contribution in [2.24, 2.45) is 5.92 Å². The second-order valence-corrected chi connectivity index (χ2v) is 11.5. The molecule has 98 valence electrons. The highest BCUT2D eigenvalue weighted by Crippen LogP contribution is 2.36. The molecule has 16 heavy (non-hydrogen) atoms. The molecule has 0 radical (unpaired) electrons. The summed E-state index contributed by atoms with van der Waals surface area (Å²) >= 11 is 0. The molecule has 1 unspecified atom stereocenters. The van der Waals surface area contributed by atoms with Crippen molar-refractivity contribution in [1.82, 2.24) is 0 Å². The molecule has 0 heterocycles. The average molecular weight is 244 g/mol. The fraction of sp³-hybridized carbons (Fsp3) is 1.00. The van der Waals surface area contributed by atoms with Gasteiger partial charge in [0.05, 0.1) is 0 Å². The second kappa shape index (κ2) is 6.80. The maximum Gasteiger partial charge on any atom is 0.191 e. The fourth-order valence-corrected chi connectivity index (χ4v) is 2.49. The molecule has 0 fully saturated rings. The summed E-state index contributed by atoms with van der Waals surface area (Å²) in [5.74, 6) is 0.824. The molecule has 2 heteroatoms. The summed E-state index contributed by atoms with van der Waals surface area (Å²) in [7, 11) is -1.50. The van der Waals surface area contributed by atoms with Crippen molar-refractivity contribution in [2.75, 3.05) is 6.61 Å². The van der Waals surface area contributed by atoms with Crippen LogP contribution in [0.3, 0.4) is 0 Å². The molecule has 0 aromatic carbocycles. The molecule has 0 aliphatic heterocycles. The maximum atomic E-state index is 6.18. The van der Waals surface area contributed by atoms with Crippen molar-refractivity contribution in [3.05, 3.63) is 0 Å². The molecule has 0 spiro atoms. The monoisotopic (exact) mass is 244 g/mol. The summed E-state index contributed by atoms with van der Waals surface area (Å²) in [6.45, 7) is 17.2. The lowest BCUT2D eigenvalue weighted by Crippen LogP contribution is -2.41. The van der Waals surface area contributed by atoms with Gasteiger partial charge < -0.3 is 4.43 Å². The minimum Gasteiger partial charge on any atom is -0.417 e. The van der Waals surface area contributed by atoms with Gasteiger partial charge in [-0.25, -0.2) is 0 Å². The molecule has 0 rings (SSSR count). The van der Waals surface area contributed by atoms with Crippen LogP contribution in [0.15, 0.2) is 0 Å². The van der Waals surface area contributed by atoms with Crippen LogP contribution >= 0.6 is 0 Å². The van der Waals surface area contributed by atoms with Crippen LogP contribution in [0.5, 0.6) is 0 Å². The van der Waals surface area contributed by atoms with Gasteiger partial charge in [-0.2, -0.15) is 0 Å². The van der Waals surface area contributed by atoms with E-state index in [0.717, 1.165) is 12.5 Å². The lowest BCUT2D eigenvalue weighted by Gasteiger charge is -2.36. The predicted octanol–water partition coefficient (Wildman–Crippen LogP) is 5.22. The lowest BCUT2D eigenvalue weighted by atomic mass is 10.0. The van der Waals surface area contributed by atoms with Gasteiger partial charge in [-0.3, -0.25) is 0 Å². The Morgan fingerprint density at radius 2 is 1.69 bits per heavy atom. The summed E-state index contributed by atoms with van der Waals surface area (Å²) in [6, 6.07) is 0. The molecule has 0 bridgehead atoms. The minimum atomic E-state index is -1.50. The van der Waals surface area contributed by atoms with Gasteiger partial charge in [-0.05, 0) is 30.5 Å². The van der Waals surface area contributed by atoms with Gasteiger partial charge in [0, 0.05) is 6.61 Å². The van der Waals surface area contributed by atoms with Crippen LogP contribution in [0.1, 0.15) is 60.3 Å². The van der Waals surface area contributed by atoms with Crippen molar-refractivity contribution in [3.8, 4) is 0 Å². The van der Waals surface area contributed by atoms with E-state index < -0.39 is 8.32 Å². The van der Waals surface area contributed by atoms with Crippen molar-refractivity contribution < 1.29 is 4.43 Å². The zero-order chi connectivity index (χ0) is 12.8. The Bertz CT molecular complexity index is 182. The van der Waals surface area contributed by atoms with E-state index in [4.69, 9.17) is 4.43 Å². The summed E-state index contributed by atoms with van der Waals surface area (Å²) in [5, 5.41) is 0.347. The number of unbranched alkanes of at least 4 members (excludes halogenated alkanes) is 1. The summed E-state index contributed by atoms with van der Waals surface area (Å²) < 4.78 is 6.18. The van der Waals surface area contributed by atoms with Gasteiger partial charge in [-0.1, -0.05) is 53.9 Å². The van der Waals surface area contributed by atoms with E-state index in [1.54, 1.807) is 0 Å². The predicted molar refractivity (Wildman–Crippen MR) is 76.5 cm³/mol. The Hall–Kier alpha value is 0.177. The van der Waals surface area contributed by atoms with E-state index in [-0.39, 0.29) is 0 Å². The van der Waals surface area contributed by atoms with E-state index in [1.807, 2.05) is 0 Å². The first kappa shape index (κ1) is 16.2. The van der Waals surface area contributed by atoms with Crippen LogP contribution in [-0.2, 0) is 4.43 Å². The van der Waals surface area contributed by atoms with Crippen molar-refractivity contribution in [1.29, 1.82) is 0 Å². The molecule has 0 aromatic rings. The Kier molecular flexibility index (Phi) is 6.88. The standard InChI is InChI=1S/C14H32OSi/c1-8-9-10-13(2)11-12-15-16(6,7)14(3,4)5/h13H,8-12H2,1-7H3. The van der Waals surface area contributed by atoms with Gasteiger partial charge in [0.1, 0.15) is 0 Å². The number of hydrogen-bond acceptors (Lipinski definition) is 1. The normalized spacial score (nSPS) is 15.2. The highest BCUT2D eigenvalue weighted by Gasteiger charge is 2.36. The molecule has 0 amide bonds. The van der Waals surface area contributed by atoms with Crippen molar-refractivity contribution >= 4 is 8.32 Å².